The Morgan fingerprint density at radius 2 is 1.83 bits per heavy atom. The molecule has 2 aliphatic heterocycles. The van der Waals surface area contributed by atoms with Crippen molar-refractivity contribution in [2.24, 2.45) is 11.3 Å². The number of alkyl carbamates (subject to hydrolysis) is 1. The van der Waals surface area contributed by atoms with Gasteiger partial charge >= 0.3 is 6.09 Å². The molecule has 354 valence electrons. The number of sulfonamides is 1. The summed E-state index contributed by atoms with van der Waals surface area (Å²) in [5.41, 5.74) is 1.63. The zero-order valence-corrected chi connectivity index (χ0v) is 41.0. The number of nitrogens with one attached hydrogen (secondary N) is 4. The third-order valence-electron chi connectivity index (χ3n) is 13.0. The minimum Gasteiger partial charge on any atom is -0.492 e. The third kappa shape index (κ3) is 12.4. The van der Waals surface area contributed by atoms with E-state index in [1.807, 2.05) is 45.9 Å². The first kappa shape index (κ1) is 49.7. The molecule has 3 heterocycles. The molecule has 64 heavy (non-hydrogen) atoms. The number of amides is 4. The van der Waals surface area contributed by atoms with E-state index >= 15 is 0 Å². The Hall–Kier alpha value is -3.75. The molecule has 0 spiro atoms. The summed E-state index contributed by atoms with van der Waals surface area (Å²) in [6.45, 7) is 17.7. The summed E-state index contributed by atoms with van der Waals surface area (Å²) < 4.78 is 42.8. The second-order valence-electron chi connectivity index (χ2n) is 19.3. The summed E-state index contributed by atoms with van der Waals surface area (Å²) in [5, 5.41) is 6.41. The Kier molecular flexibility index (Phi) is 16.2. The number of likely N-dealkylation sites (tertiary alicyclic amines) is 1. The number of halogens is 1. The average molecular weight is 1020 g/mol. The zero-order valence-electron chi connectivity index (χ0n) is 38.0. The molecule has 2 aliphatic carbocycles. The molecule has 0 radical (unpaired) electrons. The van der Waals surface area contributed by atoms with E-state index < -0.39 is 59.6 Å². The number of ether oxygens (including phenoxy) is 3. The number of fused-ring (bicyclic) bond motifs is 1. The molecule has 4 N–H and O–H groups in total. The van der Waals surface area contributed by atoms with Gasteiger partial charge in [-0.1, -0.05) is 45.8 Å². The van der Waals surface area contributed by atoms with Crippen molar-refractivity contribution >= 4 is 67.3 Å². The van der Waals surface area contributed by atoms with Gasteiger partial charge in [0.2, 0.25) is 21.8 Å². The van der Waals surface area contributed by atoms with E-state index in [9.17, 15) is 32.4 Å². The minimum absolute atomic E-state index is 0.0582. The number of aromatic amines is 1. The van der Waals surface area contributed by atoms with Crippen molar-refractivity contribution in [3.05, 3.63) is 52.3 Å². The molecular formula is C46H67IN6O10S. The maximum atomic E-state index is 14.2. The highest BCUT2D eigenvalue weighted by molar-refractivity contribution is 14.1. The molecule has 4 amide bonds. The number of unbranched alkanes of at least 4 members (excludes halogenated alkanes) is 2. The Bertz CT molecular complexity index is 2220. The predicted molar refractivity (Wildman–Crippen MR) is 253 cm³/mol. The Balaban J connectivity index is 0.974. The number of aromatic nitrogens is 1. The first-order valence-corrected chi connectivity index (χ1v) is 25.4. The van der Waals surface area contributed by atoms with E-state index in [4.69, 9.17) is 14.2 Å². The molecule has 1 unspecified atom stereocenters. The van der Waals surface area contributed by atoms with Gasteiger partial charge in [-0.3, -0.25) is 24.1 Å². The molecule has 1 aromatic heterocycles. The van der Waals surface area contributed by atoms with Crippen LogP contribution in [0.2, 0.25) is 0 Å². The van der Waals surface area contributed by atoms with Crippen molar-refractivity contribution in [2.45, 2.75) is 138 Å². The molecule has 6 rings (SSSR count). The fourth-order valence-corrected chi connectivity index (χ4v) is 10.7. The number of carbonyl (C=O) groups is 4. The lowest BCUT2D eigenvalue weighted by Crippen LogP contribution is -2.61. The van der Waals surface area contributed by atoms with Gasteiger partial charge in [-0.05, 0) is 123 Å². The standard InChI is InChI=1S/C46H67IN6O10S/c1-7-18-46(47,42(57)51-64(59,60)45(6)19-20-45)50-40(55)35-15-11-22-53(35)41(56)38(44(3,4)5)49-43(58)63-36-29-31(36)13-9-8-10-14-33-37(62-25-12-21-52-23-26-61-27-24-52)32-17-16-30(2)28-34(32)48-39(33)54/h7,16-17,28,31,35-36,38H,1,8-15,18-27,29H2,2-6H3,(H,48,54)(H,49,58)(H,50,55)(H,51,57)/t31-,35+,36?,38-,46-/m1/s1. The van der Waals surface area contributed by atoms with Gasteiger partial charge in [-0.25, -0.2) is 17.9 Å². The fourth-order valence-electron chi connectivity index (χ4n) is 8.51. The number of H-pyrrole nitrogens is 1. The van der Waals surface area contributed by atoms with Crippen LogP contribution in [-0.2, 0) is 40.3 Å². The van der Waals surface area contributed by atoms with E-state index in [-0.39, 0.29) is 30.5 Å². The van der Waals surface area contributed by atoms with E-state index in [0.717, 1.165) is 87.8 Å². The lowest BCUT2D eigenvalue weighted by Gasteiger charge is -2.36. The number of nitrogens with zero attached hydrogens (tertiary/aromatic N) is 2. The zero-order chi connectivity index (χ0) is 46.5. The van der Waals surface area contributed by atoms with Crippen molar-refractivity contribution in [1.29, 1.82) is 0 Å². The quantitative estimate of drug-likeness (QED) is 0.0411. The summed E-state index contributed by atoms with van der Waals surface area (Å²) in [7, 11) is -3.97. The Labute approximate surface area is 390 Å². The van der Waals surface area contributed by atoms with Crippen molar-refractivity contribution < 1.29 is 41.8 Å². The molecule has 5 atom stereocenters. The number of morpholine rings is 1. The van der Waals surface area contributed by atoms with Crippen molar-refractivity contribution in [3.8, 4) is 5.75 Å². The molecule has 0 bridgehead atoms. The number of pyridine rings is 1. The topological polar surface area (TPSA) is 206 Å². The van der Waals surface area contributed by atoms with Gasteiger partial charge in [-0.15, -0.1) is 6.58 Å². The molecule has 2 saturated heterocycles. The van der Waals surface area contributed by atoms with Crippen LogP contribution in [0, 0.1) is 18.3 Å². The molecule has 4 aliphatic rings. The number of hydrogen-bond donors (Lipinski definition) is 4. The van der Waals surface area contributed by atoms with Gasteiger partial charge < -0.3 is 34.7 Å². The van der Waals surface area contributed by atoms with Crippen LogP contribution in [0.1, 0.15) is 109 Å². The van der Waals surface area contributed by atoms with Crippen molar-refractivity contribution in [1.82, 2.24) is 30.1 Å². The van der Waals surface area contributed by atoms with Gasteiger partial charge in [0.15, 0.2) is 3.55 Å². The molecule has 1 aromatic carbocycles. The Morgan fingerprint density at radius 1 is 1.09 bits per heavy atom. The van der Waals surface area contributed by atoms with Crippen LogP contribution in [0.25, 0.3) is 10.9 Å². The monoisotopic (exact) mass is 1020 g/mol. The van der Waals surface area contributed by atoms with Crippen LogP contribution in [0.5, 0.6) is 5.75 Å². The lowest BCUT2D eigenvalue weighted by molar-refractivity contribution is -0.142. The van der Waals surface area contributed by atoms with E-state index in [0.29, 0.717) is 50.0 Å². The van der Waals surface area contributed by atoms with Gasteiger partial charge in [0.25, 0.3) is 11.5 Å². The highest BCUT2D eigenvalue weighted by Gasteiger charge is 2.53. The van der Waals surface area contributed by atoms with Crippen LogP contribution in [-0.4, -0.2) is 119 Å². The number of benzene rings is 1. The second kappa shape index (κ2) is 20.8. The summed E-state index contributed by atoms with van der Waals surface area (Å²) >= 11 is 1.73. The van der Waals surface area contributed by atoms with Crippen LogP contribution in [0.4, 0.5) is 4.79 Å². The van der Waals surface area contributed by atoms with E-state index in [1.165, 1.54) is 11.0 Å². The fraction of sp³-hybridized carbons (Fsp3) is 0.674. The van der Waals surface area contributed by atoms with Crippen molar-refractivity contribution in [3.63, 3.8) is 0 Å². The van der Waals surface area contributed by atoms with Gasteiger partial charge in [-0.2, -0.15) is 0 Å². The number of alkyl halides is 1. The largest absolute Gasteiger partial charge is 0.492 e. The SMILES string of the molecule is C=CC[C@@](I)(NC(=O)[C@@H]1CCCN1C(=O)[C@@H](NC(=O)OC1C[C@H]1CCCCCc1c(OCCCN2CCOCC2)c2ccc(C)cc2[nH]c1=O)C(C)(C)C)C(=O)NS(=O)(=O)C1(C)CC1. The van der Waals surface area contributed by atoms with Gasteiger partial charge in [0.05, 0.1) is 35.6 Å². The first-order valence-electron chi connectivity index (χ1n) is 22.8. The van der Waals surface area contributed by atoms with Crippen LogP contribution < -0.4 is 25.7 Å². The van der Waals surface area contributed by atoms with Gasteiger partial charge in [0.1, 0.15) is 23.9 Å². The maximum absolute atomic E-state index is 14.2. The predicted octanol–water partition coefficient (Wildman–Crippen LogP) is 5.38. The minimum atomic E-state index is -3.97. The number of carbonyl (C=O) groups excluding carboxylic acids is 4. The molecule has 16 nitrogen and oxygen atoms in total. The summed E-state index contributed by atoms with van der Waals surface area (Å²) in [4.78, 5) is 74.8. The smallest absolute Gasteiger partial charge is 0.408 e. The summed E-state index contributed by atoms with van der Waals surface area (Å²) in [6.07, 6.45) is 7.69. The first-order chi connectivity index (χ1) is 30.2. The molecule has 18 heteroatoms. The highest BCUT2D eigenvalue weighted by atomic mass is 127. The molecule has 4 fully saturated rings. The van der Waals surface area contributed by atoms with E-state index in [1.54, 1.807) is 29.5 Å². The highest BCUT2D eigenvalue weighted by Crippen LogP contribution is 2.43. The van der Waals surface area contributed by atoms with Gasteiger partial charge in [0, 0.05) is 38.0 Å². The summed E-state index contributed by atoms with van der Waals surface area (Å²) in [5.74, 6) is -1.08. The molecule has 2 saturated carbocycles. The maximum Gasteiger partial charge on any atom is 0.408 e. The van der Waals surface area contributed by atoms with Crippen LogP contribution in [0.3, 0.4) is 0 Å². The average Bonchev–Trinajstić information content (AvgIpc) is 4.11. The number of hydrogen-bond acceptors (Lipinski definition) is 11. The second-order valence-corrected chi connectivity index (χ2v) is 23.3. The van der Waals surface area contributed by atoms with Crippen molar-refractivity contribution in [2.75, 3.05) is 46.0 Å². The molecular weight excluding hydrogens is 956 g/mol. The van der Waals surface area contributed by atoms with Crippen LogP contribution in [0.15, 0.2) is 35.6 Å². The number of rotatable bonds is 21. The van der Waals surface area contributed by atoms with Crippen LogP contribution >= 0.6 is 22.6 Å². The third-order valence-corrected chi connectivity index (χ3v) is 16.3. The molecule has 2 aromatic rings. The summed E-state index contributed by atoms with van der Waals surface area (Å²) in [6, 6.07) is 4.07. The Morgan fingerprint density at radius 3 is 2.52 bits per heavy atom. The van der Waals surface area contributed by atoms with E-state index in [2.05, 4.69) is 31.8 Å². The lowest BCUT2D eigenvalue weighted by atomic mass is 9.85. The number of aryl methyl sites for hydroxylation is 1. The normalized spacial score (nSPS) is 22.2.